The van der Waals surface area contributed by atoms with Gasteiger partial charge in [-0.05, 0) is 160 Å². The molecule has 0 fully saturated rings. The minimum absolute atomic E-state index is 0.146. The Morgan fingerprint density at radius 3 is 1.34 bits per heavy atom. The first kappa shape index (κ1) is 40.3. The Morgan fingerprint density at radius 1 is 0.294 bits per heavy atom. The quantitative estimate of drug-likeness (QED) is 0.151. The molecule has 0 saturated carbocycles. The van der Waals surface area contributed by atoms with Crippen LogP contribution in [0.2, 0.25) is 0 Å². The van der Waals surface area contributed by atoms with Crippen molar-refractivity contribution in [2.24, 2.45) is 0 Å². The van der Waals surface area contributed by atoms with E-state index in [9.17, 15) is 0 Å². The summed E-state index contributed by atoms with van der Waals surface area (Å²) in [7, 11) is 0. The van der Waals surface area contributed by atoms with Gasteiger partial charge in [0.1, 0.15) is 0 Å². The molecule has 2 aliphatic carbocycles. The second-order valence-corrected chi connectivity index (χ2v) is 20.1. The number of rotatable bonds is 6. The molecule has 1 heteroatoms. The molecule has 0 amide bonds. The molecular weight excluding hydrogens is 819 g/mol. The molecule has 13 rings (SSSR count). The molecule has 0 aliphatic heterocycles. The van der Waals surface area contributed by atoms with Crippen LogP contribution < -0.4 is 4.90 Å². The molecule has 11 aromatic rings. The van der Waals surface area contributed by atoms with Crippen LogP contribution in [0.3, 0.4) is 0 Å². The van der Waals surface area contributed by atoms with Gasteiger partial charge in [-0.2, -0.15) is 0 Å². The molecule has 0 saturated heterocycles. The molecular formula is C67H51N. The maximum Gasteiger partial charge on any atom is 0.0468 e. The molecule has 1 nitrogen and oxygen atoms in total. The fourth-order valence-corrected chi connectivity index (χ4v) is 12.1. The van der Waals surface area contributed by atoms with Crippen LogP contribution in [-0.2, 0) is 10.8 Å². The van der Waals surface area contributed by atoms with Crippen molar-refractivity contribution in [3.63, 3.8) is 0 Å². The third kappa shape index (κ3) is 5.95. The minimum atomic E-state index is -0.146. The molecule has 0 N–H and O–H groups in total. The van der Waals surface area contributed by atoms with Gasteiger partial charge in [0.2, 0.25) is 0 Å². The van der Waals surface area contributed by atoms with Crippen LogP contribution in [0.1, 0.15) is 55.5 Å². The van der Waals surface area contributed by atoms with Gasteiger partial charge in [-0.3, -0.25) is 0 Å². The Hall–Kier alpha value is -8.00. The van der Waals surface area contributed by atoms with E-state index in [0.29, 0.717) is 0 Å². The van der Waals surface area contributed by atoms with Gasteiger partial charge in [0.25, 0.3) is 0 Å². The smallest absolute Gasteiger partial charge is 0.0468 e. The van der Waals surface area contributed by atoms with E-state index in [1.54, 1.807) is 0 Å². The fourth-order valence-electron chi connectivity index (χ4n) is 12.1. The molecule has 0 unspecified atom stereocenters. The lowest BCUT2D eigenvalue weighted by Crippen LogP contribution is -2.18. The van der Waals surface area contributed by atoms with E-state index in [0.717, 1.165) is 17.1 Å². The molecule has 0 radical (unpaired) electrons. The Morgan fingerprint density at radius 2 is 0.750 bits per heavy atom. The summed E-state index contributed by atoms with van der Waals surface area (Å²) in [6.45, 7) is 11.7. The first-order valence-corrected chi connectivity index (χ1v) is 24.1. The van der Waals surface area contributed by atoms with Crippen molar-refractivity contribution in [3.8, 4) is 55.6 Å². The first-order valence-electron chi connectivity index (χ1n) is 24.1. The van der Waals surface area contributed by atoms with Crippen molar-refractivity contribution in [1.29, 1.82) is 0 Å². The van der Waals surface area contributed by atoms with Gasteiger partial charge < -0.3 is 4.90 Å². The van der Waals surface area contributed by atoms with E-state index in [1.165, 1.54) is 116 Å². The molecule has 0 heterocycles. The summed E-state index contributed by atoms with van der Waals surface area (Å²) in [6, 6.07) is 82.2. The number of hydrogen-bond acceptors (Lipinski definition) is 1. The van der Waals surface area contributed by atoms with E-state index in [1.807, 2.05) is 0 Å². The predicted octanol–water partition coefficient (Wildman–Crippen LogP) is 18.5. The fraction of sp³-hybridized carbons (Fsp3) is 0.104. The molecule has 2 aliphatic rings. The Labute approximate surface area is 399 Å². The average Bonchev–Trinajstić information content (AvgIpc) is 3.75. The third-order valence-electron chi connectivity index (χ3n) is 15.5. The highest BCUT2D eigenvalue weighted by Crippen LogP contribution is 2.55. The van der Waals surface area contributed by atoms with Gasteiger partial charge in [-0.25, -0.2) is 0 Å². The molecule has 0 aromatic heterocycles. The molecule has 0 spiro atoms. The van der Waals surface area contributed by atoms with E-state index in [-0.39, 0.29) is 10.8 Å². The van der Waals surface area contributed by atoms with Gasteiger partial charge >= 0.3 is 0 Å². The standard InChI is InChI=1S/C67H51N/c1-42-28-30-45(31-29-42)63-56(43-18-8-6-9-19-43)41-57(44-20-10-7-11-21-44)64-54-25-13-12-22-49(54)58-38-46(34-37-55(58)65(63)64)68(47-32-35-52-50-23-14-16-26-59(50)66(2,3)61(52)39-47)48-33-36-53-51-24-15-17-27-60(51)67(4,5)62(53)40-48/h6-41H,1-5H3. The van der Waals surface area contributed by atoms with Crippen LogP contribution >= 0.6 is 0 Å². The van der Waals surface area contributed by atoms with Crippen molar-refractivity contribution in [3.05, 3.63) is 246 Å². The van der Waals surface area contributed by atoms with Crippen LogP contribution in [0.15, 0.2) is 218 Å². The number of aryl methyl sites for hydroxylation is 1. The zero-order valence-corrected chi connectivity index (χ0v) is 39.2. The number of hydrogen-bond donors (Lipinski definition) is 0. The van der Waals surface area contributed by atoms with Crippen molar-refractivity contribution in [2.45, 2.75) is 45.4 Å². The summed E-state index contributed by atoms with van der Waals surface area (Å²) in [5.74, 6) is 0. The van der Waals surface area contributed by atoms with Gasteiger partial charge in [0.05, 0.1) is 0 Å². The van der Waals surface area contributed by atoms with Crippen molar-refractivity contribution in [1.82, 2.24) is 0 Å². The van der Waals surface area contributed by atoms with Crippen LogP contribution in [0.25, 0.3) is 88.0 Å². The second-order valence-electron chi connectivity index (χ2n) is 20.1. The zero-order valence-electron chi connectivity index (χ0n) is 39.2. The van der Waals surface area contributed by atoms with E-state index in [4.69, 9.17) is 0 Å². The maximum atomic E-state index is 2.52. The van der Waals surface area contributed by atoms with Crippen molar-refractivity contribution >= 4 is 49.4 Å². The molecule has 11 aromatic carbocycles. The monoisotopic (exact) mass is 869 g/mol. The summed E-state index contributed by atoms with van der Waals surface area (Å²) in [4.78, 5) is 2.52. The van der Waals surface area contributed by atoms with Crippen LogP contribution in [-0.4, -0.2) is 0 Å². The van der Waals surface area contributed by atoms with Crippen LogP contribution in [0.4, 0.5) is 17.1 Å². The summed E-state index contributed by atoms with van der Waals surface area (Å²) in [5, 5.41) is 7.52. The normalized spacial score (nSPS) is 13.9. The predicted molar refractivity (Wildman–Crippen MR) is 290 cm³/mol. The van der Waals surface area contributed by atoms with Crippen molar-refractivity contribution in [2.75, 3.05) is 4.90 Å². The van der Waals surface area contributed by atoms with Gasteiger partial charge in [0, 0.05) is 27.9 Å². The molecule has 0 atom stereocenters. The summed E-state index contributed by atoms with van der Waals surface area (Å²) in [6.07, 6.45) is 0. The highest BCUT2D eigenvalue weighted by atomic mass is 15.1. The number of benzene rings is 11. The summed E-state index contributed by atoms with van der Waals surface area (Å²) >= 11 is 0. The highest BCUT2D eigenvalue weighted by Gasteiger charge is 2.38. The van der Waals surface area contributed by atoms with E-state index < -0.39 is 0 Å². The highest BCUT2D eigenvalue weighted by molar-refractivity contribution is 6.33. The minimum Gasteiger partial charge on any atom is -0.310 e. The van der Waals surface area contributed by atoms with Gasteiger partial charge in [0.15, 0.2) is 0 Å². The lowest BCUT2D eigenvalue weighted by atomic mass is 9.81. The van der Waals surface area contributed by atoms with E-state index >= 15 is 0 Å². The topological polar surface area (TPSA) is 3.24 Å². The summed E-state index contributed by atoms with van der Waals surface area (Å²) < 4.78 is 0. The maximum absolute atomic E-state index is 2.52. The second kappa shape index (κ2) is 15.0. The van der Waals surface area contributed by atoms with Gasteiger partial charge in [-0.1, -0.05) is 209 Å². The number of anilines is 3. The largest absolute Gasteiger partial charge is 0.310 e. The van der Waals surface area contributed by atoms with Crippen molar-refractivity contribution < 1.29 is 0 Å². The Kier molecular flexibility index (Phi) is 8.89. The Balaban J connectivity index is 1.13. The average molecular weight is 870 g/mol. The SMILES string of the molecule is Cc1ccc(-c2c(-c3ccccc3)cc(-c3ccccc3)c3c4ccccc4c4cc(N(c5ccc6c(c5)C(C)(C)c5ccccc5-6)c5ccc6c(c5)C(C)(C)c5ccccc5-6)ccc4c23)cc1. The number of fused-ring (bicyclic) bond motifs is 12. The zero-order chi connectivity index (χ0) is 45.9. The molecule has 324 valence electrons. The molecule has 0 bridgehead atoms. The lowest BCUT2D eigenvalue weighted by molar-refractivity contribution is 0.660. The lowest BCUT2D eigenvalue weighted by Gasteiger charge is -2.30. The third-order valence-corrected chi connectivity index (χ3v) is 15.5. The summed E-state index contributed by atoms with van der Waals surface area (Å²) in [5.41, 5.74) is 22.5. The first-order chi connectivity index (χ1) is 33.2. The van der Waals surface area contributed by atoms with Crippen LogP contribution in [0, 0.1) is 6.92 Å². The Bertz CT molecular complexity index is 3730. The number of nitrogens with zero attached hydrogens (tertiary/aromatic N) is 1. The van der Waals surface area contributed by atoms with Crippen LogP contribution in [0.5, 0.6) is 0 Å². The van der Waals surface area contributed by atoms with Gasteiger partial charge in [-0.15, -0.1) is 0 Å². The molecule has 68 heavy (non-hydrogen) atoms. The van der Waals surface area contributed by atoms with E-state index in [2.05, 4.69) is 258 Å².